The van der Waals surface area contributed by atoms with Gasteiger partial charge in [-0.2, -0.15) is 0 Å². The Labute approximate surface area is 204 Å². The summed E-state index contributed by atoms with van der Waals surface area (Å²) in [4.78, 5) is 26.1. The second-order valence-electron chi connectivity index (χ2n) is 8.71. The molecule has 0 atom stereocenters. The summed E-state index contributed by atoms with van der Waals surface area (Å²) < 4.78 is 24.9. The Hall–Kier alpha value is -3.85. The molecule has 0 aliphatic heterocycles. The van der Waals surface area contributed by atoms with Gasteiger partial charge in [-0.15, -0.1) is 0 Å². The van der Waals surface area contributed by atoms with Crippen LogP contribution in [-0.4, -0.2) is 35.5 Å². The van der Waals surface area contributed by atoms with Crippen LogP contribution < -0.4 is 11.1 Å². The van der Waals surface area contributed by atoms with Gasteiger partial charge >= 0.3 is 0 Å². The average molecular weight is 490 g/mol. The predicted octanol–water partition coefficient (Wildman–Crippen LogP) is 3.46. The highest BCUT2D eigenvalue weighted by Gasteiger charge is 2.16. The van der Waals surface area contributed by atoms with E-state index in [4.69, 9.17) is 5.73 Å². The lowest BCUT2D eigenvalue weighted by Gasteiger charge is -2.12. The summed E-state index contributed by atoms with van der Waals surface area (Å²) in [5.41, 5.74) is 11.5. The molecule has 0 unspecified atom stereocenters. The van der Waals surface area contributed by atoms with Crippen molar-refractivity contribution in [3.63, 3.8) is 0 Å². The molecule has 0 fully saturated rings. The molecule has 8 nitrogen and oxygen atoms in total. The number of fused-ring (bicyclic) bond motifs is 1. The van der Waals surface area contributed by atoms with Crippen LogP contribution in [0.3, 0.4) is 0 Å². The van der Waals surface area contributed by atoms with Gasteiger partial charge in [0.15, 0.2) is 9.84 Å². The number of hydrogen-bond donors (Lipinski definition) is 2. The van der Waals surface area contributed by atoms with Crippen LogP contribution in [0, 0.1) is 20.8 Å². The molecule has 3 heterocycles. The maximum atomic E-state index is 12.8. The molecule has 35 heavy (non-hydrogen) atoms. The lowest BCUT2D eigenvalue weighted by Crippen LogP contribution is -2.24. The number of nitrogens with zero attached hydrogens (tertiary/aromatic N) is 3. The molecule has 0 radical (unpaired) electrons. The number of carbonyl (C=O) groups excluding carboxylic acids is 1. The first-order chi connectivity index (χ1) is 16.5. The van der Waals surface area contributed by atoms with Crippen LogP contribution in [-0.2, 0) is 22.8 Å². The number of carbonyl (C=O) groups is 1. The van der Waals surface area contributed by atoms with Crippen molar-refractivity contribution in [2.24, 2.45) is 0 Å². The van der Waals surface area contributed by atoms with Crippen molar-refractivity contribution < 1.29 is 13.2 Å². The predicted molar refractivity (Wildman–Crippen MR) is 136 cm³/mol. The van der Waals surface area contributed by atoms with E-state index in [0.717, 1.165) is 33.5 Å². The third kappa shape index (κ3) is 5.46. The van der Waals surface area contributed by atoms with E-state index >= 15 is 0 Å². The topological polar surface area (TPSA) is 128 Å². The summed E-state index contributed by atoms with van der Waals surface area (Å²) in [6.07, 6.45) is 3.13. The number of sulfone groups is 1. The van der Waals surface area contributed by atoms with Crippen molar-refractivity contribution in [3.05, 3.63) is 88.0 Å². The Kier molecular flexibility index (Phi) is 6.53. The molecule has 0 spiro atoms. The molecule has 3 aromatic heterocycles. The number of hydrogen-bond acceptors (Lipinski definition) is 7. The van der Waals surface area contributed by atoms with Gasteiger partial charge < -0.3 is 11.1 Å². The second kappa shape index (κ2) is 9.42. The standard InChI is InChI=1S/C26H27N5O3S/c1-15-9-24(27)31-17(3)22(15)14-29-26(32)20-7-8-28-21(13-20)11-18-10-19-6-5-16(2)30-25(19)23(12-18)35(4,33)34/h5-10,12-13H,11,14H2,1-4H3,(H2,27,31)(H,29,32). The first-order valence-corrected chi connectivity index (χ1v) is 13.0. The minimum atomic E-state index is -3.49. The Morgan fingerprint density at radius 1 is 1.03 bits per heavy atom. The van der Waals surface area contributed by atoms with Crippen LogP contribution in [0.4, 0.5) is 5.82 Å². The quantitative estimate of drug-likeness (QED) is 0.424. The second-order valence-corrected chi connectivity index (χ2v) is 10.7. The highest BCUT2D eigenvalue weighted by Crippen LogP contribution is 2.25. The van der Waals surface area contributed by atoms with E-state index in [2.05, 4.69) is 20.3 Å². The van der Waals surface area contributed by atoms with Crippen molar-refractivity contribution in [1.29, 1.82) is 0 Å². The van der Waals surface area contributed by atoms with Gasteiger partial charge in [-0.1, -0.05) is 6.07 Å². The van der Waals surface area contributed by atoms with E-state index in [9.17, 15) is 13.2 Å². The van der Waals surface area contributed by atoms with Crippen LogP contribution in [0.5, 0.6) is 0 Å². The number of nitrogens with two attached hydrogens (primary N) is 1. The number of benzene rings is 1. The Balaban J connectivity index is 1.58. The molecule has 0 saturated carbocycles. The van der Waals surface area contributed by atoms with Gasteiger partial charge in [-0.05, 0) is 73.9 Å². The maximum absolute atomic E-state index is 12.8. The Morgan fingerprint density at radius 2 is 1.80 bits per heavy atom. The van der Waals surface area contributed by atoms with E-state index in [1.807, 2.05) is 39.0 Å². The first-order valence-electron chi connectivity index (χ1n) is 11.1. The molecule has 3 N–H and O–H groups in total. The summed E-state index contributed by atoms with van der Waals surface area (Å²) in [5, 5.41) is 3.67. The summed E-state index contributed by atoms with van der Waals surface area (Å²) in [7, 11) is -3.49. The minimum absolute atomic E-state index is 0.186. The van der Waals surface area contributed by atoms with Crippen molar-refractivity contribution in [3.8, 4) is 0 Å². The number of aryl methyl sites for hydroxylation is 3. The van der Waals surface area contributed by atoms with Gasteiger partial charge in [0.05, 0.1) is 10.4 Å². The van der Waals surface area contributed by atoms with Gasteiger partial charge in [0, 0.05) is 53.4 Å². The van der Waals surface area contributed by atoms with Crippen LogP contribution in [0.15, 0.2) is 53.6 Å². The summed E-state index contributed by atoms with van der Waals surface area (Å²) >= 11 is 0. The molecule has 1 aromatic carbocycles. The summed E-state index contributed by atoms with van der Waals surface area (Å²) in [5.74, 6) is 0.215. The summed E-state index contributed by atoms with van der Waals surface area (Å²) in [6.45, 7) is 5.95. The fourth-order valence-electron chi connectivity index (χ4n) is 4.10. The smallest absolute Gasteiger partial charge is 0.251 e. The van der Waals surface area contributed by atoms with Crippen molar-refractivity contribution >= 4 is 32.5 Å². The van der Waals surface area contributed by atoms with Crippen LogP contribution in [0.1, 0.15) is 44.1 Å². The zero-order valence-corrected chi connectivity index (χ0v) is 20.9. The molecule has 1 amide bonds. The van der Waals surface area contributed by atoms with Gasteiger partial charge in [0.2, 0.25) is 0 Å². The third-order valence-corrected chi connectivity index (χ3v) is 6.93. The fraction of sp³-hybridized carbons (Fsp3) is 0.231. The molecule has 0 aliphatic rings. The Morgan fingerprint density at radius 3 is 2.51 bits per heavy atom. The van der Waals surface area contributed by atoms with E-state index in [1.54, 1.807) is 30.5 Å². The number of pyridine rings is 3. The fourth-order valence-corrected chi connectivity index (χ4v) is 4.98. The average Bonchev–Trinajstić information content (AvgIpc) is 2.77. The number of anilines is 1. The van der Waals surface area contributed by atoms with E-state index in [1.165, 1.54) is 6.26 Å². The maximum Gasteiger partial charge on any atom is 0.251 e. The van der Waals surface area contributed by atoms with Gasteiger partial charge in [0.1, 0.15) is 5.82 Å². The highest BCUT2D eigenvalue weighted by atomic mass is 32.2. The minimum Gasteiger partial charge on any atom is -0.384 e. The van der Waals surface area contributed by atoms with Gasteiger partial charge in [0.25, 0.3) is 5.91 Å². The zero-order chi connectivity index (χ0) is 25.3. The number of amides is 1. The SMILES string of the molecule is Cc1ccc2cc(Cc3cc(C(=O)NCc4c(C)cc(N)nc4C)ccn3)cc(S(C)(=O)=O)c2n1. The monoisotopic (exact) mass is 489 g/mol. The lowest BCUT2D eigenvalue weighted by molar-refractivity contribution is 0.0950. The van der Waals surface area contributed by atoms with Gasteiger partial charge in [-0.3, -0.25) is 14.8 Å². The number of rotatable bonds is 6. The zero-order valence-electron chi connectivity index (χ0n) is 20.1. The molecule has 0 bridgehead atoms. The molecule has 180 valence electrons. The van der Waals surface area contributed by atoms with Crippen molar-refractivity contribution in [1.82, 2.24) is 20.3 Å². The van der Waals surface area contributed by atoms with Crippen LogP contribution in [0.2, 0.25) is 0 Å². The number of nitrogens with one attached hydrogen (secondary N) is 1. The molecular weight excluding hydrogens is 462 g/mol. The largest absolute Gasteiger partial charge is 0.384 e. The van der Waals surface area contributed by atoms with Crippen molar-refractivity contribution in [2.45, 2.75) is 38.6 Å². The number of nitrogen functional groups attached to an aromatic ring is 1. The van der Waals surface area contributed by atoms with E-state index in [-0.39, 0.29) is 10.8 Å². The Bertz CT molecular complexity index is 1540. The number of aromatic nitrogens is 3. The molecule has 4 rings (SSSR count). The van der Waals surface area contributed by atoms with Gasteiger partial charge in [-0.25, -0.2) is 13.4 Å². The van der Waals surface area contributed by atoms with E-state index < -0.39 is 9.84 Å². The third-order valence-electron chi connectivity index (χ3n) is 5.82. The molecular formula is C26H27N5O3S. The van der Waals surface area contributed by atoms with Crippen LogP contribution in [0.25, 0.3) is 10.9 Å². The normalized spacial score (nSPS) is 11.5. The first kappa shape index (κ1) is 24.3. The van der Waals surface area contributed by atoms with Crippen LogP contribution >= 0.6 is 0 Å². The van der Waals surface area contributed by atoms with E-state index in [0.29, 0.717) is 35.6 Å². The lowest BCUT2D eigenvalue weighted by atomic mass is 10.0. The highest BCUT2D eigenvalue weighted by molar-refractivity contribution is 7.91. The molecule has 4 aromatic rings. The molecule has 9 heteroatoms. The van der Waals surface area contributed by atoms with Crippen molar-refractivity contribution in [2.75, 3.05) is 12.0 Å². The molecule has 0 saturated heterocycles. The summed E-state index contributed by atoms with van der Waals surface area (Å²) in [6, 6.07) is 12.4. The molecule has 0 aliphatic carbocycles.